The second-order valence-corrected chi connectivity index (χ2v) is 5.16. The van der Waals surface area contributed by atoms with Gasteiger partial charge in [0.05, 0.1) is 13.0 Å². The van der Waals surface area contributed by atoms with Crippen molar-refractivity contribution in [2.45, 2.75) is 30.8 Å². The highest BCUT2D eigenvalue weighted by Gasteiger charge is 2.46. The molecule has 2 rings (SSSR count). The van der Waals surface area contributed by atoms with Crippen LogP contribution in [0.3, 0.4) is 0 Å². The molecule has 1 saturated carbocycles. The maximum Gasteiger partial charge on any atom is 0.304 e. The summed E-state index contributed by atoms with van der Waals surface area (Å²) in [6.07, 6.45) is 2.00. The lowest BCUT2D eigenvalue weighted by Crippen LogP contribution is -2.14. The van der Waals surface area contributed by atoms with Crippen molar-refractivity contribution in [3.8, 4) is 0 Å². The van der Waals surface area contributed by atoms with E-state index in [0.717, 1.165) is 24.0 Å². The summed E-state index contributed by atoms with van der Waals surface area (Å²) >= 11 is 0. The number of methoxy groups -OCH3 is 2. The van der Waals surface area contributed by atoms with Gasteiger partial charge in [-0.3, -0.25) is 4.79 Å². The van der Waals surface area contributed by atoms with Crippen LogP contribution in [0.1, 0.15) is 36.5 Å². The van der Waals surface area contributed by atoms with E-state index in [4.69, 9.17) is 14.6 Å². The molecule has 104 valence electrons. The number of carboxylic acids is 1. The van der Waals surface area contributed by atoms with Gasteiger partial charge in [-0.1, -0.05) is 24.3 Å². The number of hydrogen-bond acceptors (Lipinski definition) is 3. The lowest BCUT2D eigenvalue weighted by Gasteiger charge is -2.18. The summed E-state index contributed by atoms with van der Waals surface area (Å²) in [4.78, 5) is 11.0. The third-order valence-corrected chi connectivity index (χ3v) is 3.82. The number of hydrogen-bond donors (Lipinski definition) is 1. The molecule has 0 heterocycles. The molecule has 0 aliphatic heterocycles. The van der Waals surface area contributed by atoms with E-state index in [-0.39, 0.29) is 17.9 Å². The summed E-state index contributed by atoms with van der Waals surface area (Å²) in [5.74, 6) is -0.733. The Balaban J connectivity index is 2.22. The molecule has 1 aromatic carbocycles. The van der Waals surface area contributed by atoms with Gasteiger partial charge in [0.1, 0.15) is 6.10 Å². The van der Waals surface area contributed by atoms with Gasteiger partial charge in [-0.05, 0) is 24.0 Å². The molecule has 19 heavy (non-hydrogen) atoms. The maximum absolute atomic E-state index is 11.0. The minimum atomic E-state index is -0.733. The van der Waals surface area contributed by atoms with Crippen LogP contribution >= 0.6 is 0 Å². The summed E-state index contributed by atoms with van der Waals surface area (Å²) in [5, 5.41) is 9.01. The first-order chi connectivity index (χ1) is 9.11. The SMILES string of the molecule is COCC(OC)c1cccc(C2(CC(=O)O)CC2)c1. The molecule has 0 radical (unpaired) electrons. The standard InChI is InChI=1S/C15H20O4/c1-18-10-13(19-2)11-4-3-5-12(8-11)15(6-7-15)9-14(16)17/h3-5,8,13H,6-7,9-10H2,1-2H3,(H,16,17). The quantitative estimate of drug-likeness (QED) is 0.822. The van der Waals surface area contributed by atoms with E-state index in [1.165, 1.54) is 0 Å². The zero-order chi connectivity index (χ0) is 13.9. The largest absolute Gasteiger partial charge is 0.481 e. The molecule has 0 spiro atoms. The highest BCUT2D eigenvalue weighted by molar-refractivity contribution is 5.70. The fourth-order valence-electron chi connectivity index (χ4n) is 2.53. The van der Waals surface area contributed by atoms with Gasteiger partial charge in [0.15, 0.2) is 0 Å². The van der Waals surface area contributed by atoms with Gasteiger partial charge in [0.2, 0.25) is 0 Å². The van der Waals surface area contributed by atoms with Crippen LogP contribution in [0.25, 0.3) is 0 Å². The highest BCUT2D eigenvalue weighted by Crippen LogP contribution is 2.51. The molecule has 0 amide bonds. The van der Waals surface area contributed by atoms with Crippen molar-refractivity contribution < 1.29 is 19.4 Å². The first-order valence-electron chi connectivity index (χ1n) is 6.45. The molecule has 0 bridgehead atoms. The Bertz CT molecular complexity index is 451. The first kappa shape index (κ1) is 14.0. The van der Waals surface area contributed by atoms with Gasteiger partial charge < -0.3 is 14.6 Å². The Morgan fingerprint density at radius 2 is 2.16 bits per heavy atom. The van der Waals surface area contributed by atoms with Gasteiger partial charge in [0.25, 0.3) is 0 Å². The van der Waals surface area contributed by atoms with E-state index in [2.05, 4.69) is 6.07 Å². The number of carbonyl (C=O) groups is 1. The fourth-order valence-corrected chi connectivity index (χ4v) is 2.53. The second-order valence-electron chi connectivity index (χ2n) is 5.16. The molecule has 1 atom stereocenters. The van der Waals surface area contributed by atoms with E-state index in [9.17, 15) is 4.79 Å². The van der Waals surface area contributed by atoms with Crippen molar-refractivity contribution in [3.05, 3.63) is 35.4 Å². The second kappa shape index (κ2) is 5.72. The number of rotatable bonds is 7. The molecule has 1 unspecified atom stereocenters. The number of carboxylic acid groups (broad SMARTS) is 1. The Morgan fingerprint density at radius 1 is 1.42 bits per heavy atom. The molecular weight excluding hydrogens is 244 g/mol. The average Bonchev–Trinajstić information content (AvgIpc) is 3.16. The van der Waals surface area contributed by atoms with Gasteiger partial charge in [-0.25, -0.2) is 0 Å². The third-order valence-electron chi connectivity index (χ3n) is 3.82. The molecule has 0 aromatic heterocycles. The zero-order valence-corrected chi connectivity index (χ0v) is 11.4. The van der Waals surface area contributed by atoms with Gasteiger partial charge in [-0.2, -0.15) is 0 Å². The summed E-state index contributed by atoms with van der Waals surface area (Å²) in [6.45, 7) is 0.492. The van der Waals surface area contributed by atoms with Crippen molar-refractivity contribution in [1.29, 1.82) is 0 Å². The molecule has 0 saturated heterocycles. The summed E-state index contributed by atoms with van der Waals surface area (Å²) < 4.78 is 10.5. The van der Waals surface area contributed by atoms with Crippen LogP contribution in [0.5, 0.6) is 0 Å². The molecule has 1 N–H and O–H groups in total. The lowest BCUT2D eigenvalue weighted by molar-refractivity contribution is -0.137. The predicted octanol–water partition coefficient (Wildman–Crippen LogP) is 2.53. The Kier molecular flexibility index (Phi) is 4.22. The third kappa shape index (κ3) is 3.14. The normalized spacial score (nSPS) is 18.0. The van der Waals surface area contributed by atoms with Crippen molar-refractivity contribution >= 4 is 5.97 Å². The van der Waals surface area contributed by atoms with Crippen LogP contribution in [0.15, 0.2) is 24.3 Å². The van der Waals surface area contributed by atoms with Crippen molar-refractivity contribution in [3.63, 3.8) is 0 Å². The van der Waals surface area contributed by atoms with Crippen LogP contribution in [0.4, 0.5) is 0 Å². The summed E-state index contributed by atoms with van der Waals surface area (Å²) in [5.41, 5.74) is 1.98. The van der Waals surface area contributed by atoms with E-state index in [0.29, 0.717) is 6.61 Å². The summed E-state index contributed by atoms with van der Waals surface area (Å²) in [6, 6.07) is 8.03. The Hall–Kier alpha value is -1.39. The zero-order valence-electron chi connectivity index (χ0n) is 11.4. The molecule has 4 heteroatoms. The van der Waals surface area contributed by atoms with Crippen LogP contribution in [-0.4, -0.2) is 31.9 Å². The molecule has 1 aliphatic carbocycles. The molecular formula is C15H20O4. The van der Waals surface area contributed by atoms with Crippen LogP contribution in [-0.2, 0) is 19.7 Å². The lowest BCUT2D eigenvalue weighted by atomic mass is 9.90. The molecule has 1 aliphatic rings. The number of aliphatic carboxylic acids is 1. The van der Waals surface area contributed by atoms with Crippen molar-refractivity contribution in [2.24, 2.45) is 0 Å². The molecule has 1 aromatic rings. The molecule has 1 fully saturated rings. The first-order valence-corrected chi connectivity index (χ1v) is 6.45. The van der Waals surface area contributed by atoms with E-state index in [1.807, 2.05) is 18.2 Å². The van der Waals surface area contributed by atoms with Crippen LogP contribution < -0.4 is 0 Å². The van der Waals surface area contributed by atoms with Crippen LogP contribution in [0, 0.1) is 0 Å². The molecule has 4 nitrogen and oxygen atoms in total. The average molecular weight is 264 g/mol. The number of benzene rings is 1. The van der Waals surface area contributed by atoms with Gasteiger partial charge >= 0.3 is 5.97 Å². The summed E-state index contributed by atoms with van der Waals surface area (Å²) in [7, 11) is 3.29. The van der Waals surface area contributed by atoms with Crippen molar-refractivity contribution in [2.75, 3.05) is 20.8 Å². The Morgan fingerprint density at radius 3 is 2.68 bits per heavy atom. The Labute approximate surface area is 113 Å². The monoisotopic (exact) mass is 264 g/mol. The predicted molar refractivity (Wildman–Crippen MR) is 71.2 cm³/mol. The minimum absolute atomic E-state index is 0.106. The van der Waals surface area contributed by atoms with E-state index < -0.39 is 5.97 Å². The smallest absolute Gasteiger partial charge is 0.304 e. The topological polar surface area (TPSA) is 55.8 Å². The highest BCUT2D eigenvalue weighted by atomic mass is 16.5. The fraction of sp³-hybridized carbons (Fsp3) is 0.533. The van der Waals surface area contributed by atoms with E-state index in [1.54, 1.807) is 14.2 Å². The minimum Gasteiger partial charge on any atom is -0.481 e. The van der Waals surface area contributed by atoms with Gasteiger partial charge in [-0.15, -0.1) is 0 Å². The maximum atomic E-state index is 11.0. The number of ether oxygens (including phenoxy) is 2. The van der Waals surface area contributed by atoms with E-state index >= 15 is 0 Å². The van der Waals surface area contributed by atoms with Gasteiger partial charge in [0, 0.05) is 19.6 Å². The van der Waals surface area contributed by atoms with Crippen molar-refractivity contribution in [1.82, 2.24) is 0 Å². The van der Waals surface area contributed by atoms with Crippen LogP contribution in [0.2, 0.25) is 0 Å².